The summed E-state index contributed by atoms with van der Waals surface area (Å²) in [7, 11) is 0. The summed E-state index contributed by atoms with van der Waals surface area (Å²) < 4.78 is 35.4. The summed E-state index contributed by atoms with van der Waals surface area (Å²) >= 11 is 0. The molecule has 0 aromatic rings. The lowest BCUT2D eigenvalue weighted by atomic mass is 10.1. The molecule has 0 aliphatic heterocycles. The molecule has 0 aliphatic rings. The zero-order valence-corrected chi connectivity index (χ0v) is 7.03. The van der Waals surface area contributed by atoms with Crippen LogP contribution < -0.4 is 5.32 Å². The minimum atomic E-state index is -4.28. The van der Waals surface area contributed by atoms with E-state index in [1.54, 1.807) is 6.92 Å². The Morgan fingerprint density at radius 1 is 1.58 bits per heavy atom. The summed E-state index contributed by atoms with van der Waals surface area (Å²) in [6, 6.07) is -1.09. The molecule has 1 unspecified atom stereocenters. The topological polar surface area (TPSA) is 29.1 Å². The maximum atomic E-state index is 11.8. The Balaban J connectivity index is 0. The van der Waals surface area contributed by atoms with Crippen molar-refractivity contribution in [2.24, 2.45) is 0 Å². The number of carbonyl (C=O) groups excluding carboxylic acids is 1. The van der Waals surface area contributed by atoms with Gasteiger partial charge in [-0.15, -0.1) is 0 Å². The molecule has 12 heavy (non-hydrogen) atoms. The van der Waals surface area contributed by atoms with Crippen LogP contribution in [0, 0.1) is 0 Å². The van der Waals surface area contributed by atoms with E-state index in [0.29, 0.717) is 6.54 Å². The third kappa shape index (κ3) is 5.12. The fourth-order valence-electron chi connectivity index (χ4n) is 0.837. The summed E-state index contributed by atoms with van der Waals surface area (Å²) in [6.07, 6.45) is -5.37. The quantitative estimate of drug-likeness (QED) is 0.723. The van der Waals surface area contributed by atoms with Gasteiger partial charge in [0.15, 0.2) is 0 Å². The van der Waals surface area contributed by atoms with Crippen LogP contribution in [0.4, 0.5) is 13.2 Å². The van der Waals surface area contributed by atoms with Gasteiger partial charge in [-0.25, -0.2) is 0 Å². The highest BCUT2D eigenvalue weighted by molar-refractivity contribution is 5.81. The van der Waals surface area contributed by atoms with Gasteiger partial charge >= 0.3 is 6.18 Å². The van der Waals surface area contributed by atoms with Crippen molar-refractivity contribution in [2.75, 3.05) is 6.54 Å². The highest BCUT2D eigenvalue weighted by Gasteiger charge is 2.33. The van der Waals surface area contributed by atoms with Gasteiger partial charge < -0.3 is 5.32 Å². The smallest absolute Gasteiger partial charge is 0.307 e. The highest BCUT2D eigenvalue weighted by atomic mass is 19.4. The fourth-order valence-corrected chi connectivity index (χ4v) is 0.837. The van der Waals surface area contributed by atoms with Crippen LogP contribution in [0.25, 0.3) is 0 Å². The van der Waals surface area contributed by atoms with Gasteiger partial charge in [-0.1, -0.05) is 6.92 Å². The number of carbonyl (C=O) groups is 1. The molecule has 0 amide bonds. The van der Waals surface area contributed by atoms with Crippen molar-refractivity contribution in [3.05, 3.63) is 0 Å². The maximum Gasteiger partial charge on any atom is 0.391 e. The Kier molecular flexibility index (Phi) is 4.23. The van der Waals surface area contributed by atoms with Gasteiger partial charge in [0.2, 0.25) is 0 Å². The van der Waals surface area contributed by atoms with E-state index in [0.717, 1.165) is 6.92 Å². The average molecular weight is 185 g/mol. The Morgan fingerprint density at radius 2 is 2.08 bits per heavy atom. The Bertz CT molecular complexity index is 160. The number of alkyl halides is 3. The van der Waals surface area contributed by atoms with Crippen molar-refractivity contribution in [2.45, 2.75) is 32.5 Å². The molecule has 0 bridgehead atoms. The molecule has 2 nitrogen and oxygen atoms in total. The van der Waals surface area contributed by atoms with Crippen molar-refractivity contribution < 1.29 is 19.4 Å². The van der Waals surface area contributed by atoms with Crippen LogP contribution >= 0.6 is 0 Å². The first kappa shape index (κ1) is 11.4. The second kappa shape index (κ2) is 4.45. The molecule has 0 fully saturated rings. The normalized spacial score (nSPS) is 14.4. The molecule has 0 rings (SSSR count). The van der Waals surface area contributed by atoms with E-state index in [2.05, 4.69) is 5.32 Å². The van der Waals surface area contributed by atoms with Crippen LogP contribution in [0.15, 0.2) is 0 Å². The van der Waals surface area contributed by atoms with Crippen molar-refractivity contribution >= 4 is 5.78 Å². The number of rotatable bonds is 4. The molecule has 5 heteroatoms. The molecule has 0 saturated heterocycles. The third-order valence-corrected chi connectivity index (χ3v) is 1.38. The van der Waals surface area contributed by atoms with Crippen molar-refractivity contribution in [3.63, 3.8) is 0 Å². The van der Waals surface area contributed by atoms with Crippen molar-refractivity contribution in [3.8, 4) is 0 Å². The van der Waals surface area contributed by atoms with Gasteiger partial charge in [-0.2, -0.15) is 13.2 Å². The van der Waals surface area contributed by atoms with E-state index in [1.165, 1.54) is 0 Å². The van der Waals surface area contributed by atoms with Gasteiger partial charge in [0.25, 0.3) is 0 Å². The van der Waals surface area contributed by atoms with Crippen LogP contribution in [0.3, 0.4) is 0 Å². The minimum absolute atomic E-state index is 0. The zero-order chi connectivity index (χ0) is 9.78. The fraction of sp³-hybridized carbons (Fsp3) is 0.857. The molecule has 1 N–H and O–H groups in total. The van der Waals surface area contributed by atoms with E-state index >= 15 is 0 Å². The molecule has 0 aliphatic carbocycles. The Hall–Kier alpha value is -0.580. The maximum absolute atomic E-state index is 11.8. The first-order chi connectivity index (χ1) is 5.37. The van der Waals surface area contributed by atoms with Gasteiger partial charge in [-0.3, -0.25) is 4.79 Å². The summed E-state index contributed by atoms with van der Waals surface area (Å²) in [5.74, 6) is -0.478. The predicted octanol–water partition coefficient (Wildman–Crippen LogP) is 1.75. The minimum Gasteiger partial charge on any atom is -0.307 e. The molecule has 74 valence electrons. The van der Waals surface area contributed by atoms with E-state index in [-0.39, 0.29) is 1.43 Å². The van der Waals surface area contributed by atoms with Gasteiger partial charge in [0.05, 0.1) is 12.5 Å². The van der Waals surface area contributed by atoms with Crippen molar-refractivity contribution in [1.29, 1.82) is 0 Å². The Morgan fingerprint density at radius 3 is 2.33 bits per heavy atom. The first-order valence-electron chi connectivity index (χ1n) is 3.67. The highest BCUT2D eigenvalue weighted by Crippen LogP contribution is 2.21. The van der Waals surface area contributed by atoms with Crippen molar-refractivity contribution in [1.82, 2.24) is 5.32 Å². The standard InChI is InChI=1S/C7H12F3NO.H2/c1-3-11-6(5(2)12)4-7(8,9)10;/h6,11H,3-4H2,1-2H3;1H. The molecule has 0 aromatic carbocycles. The molecule has 0 spiro atoms. The number of Topliss-reactive ketones (excluding diaryl/α,β-unsaturated/α-hetero) is 1. The van der Waals surface area contributed by atoms with E-state index in [1.807, 2.05) is 0 Å². The SMILES string of the molecule is CCNC(CC(F)(F)F)C(C)=O.[HH]. The van der Waals surface area contributed by atoms with Gasteiger partial charge in [-0.05, 0) is 13.5 Å². The van der Waals surface area contributed by atoms with Crippen LogP contribution in [-0.4, -0.2) is 24.5 Å². The zero-order valence-electron chi connectivity index (χ0n) is 7.03. The van der Waals surface area contributed by atoms with E-state index in [4.69, 9.17) is 0 Å². The number of ketones is 1. The molecule has 0 heterocycles. The Labute approximate surface area is 70.6 Å². The lowest BCUT2D eigenvalue weighted by Crippen LogP contribution is -2.38. The molecule has 0 saturated carbocycles. The van der Waals surface area contributed by atoms with Crippen LogP contribution in [-0.2, 0) is 4.79 Å². The number of hydrogen-bond donors (Lipinski definition) is 1. The van der Waals surface area contributed by atoms with Crippen LogP contribution in [0.1, 0.15) is 21.7 Å². The second-order valence-electron chi connectivity index (χ2n) is 2.54. The molecule has 0 radical (unpaired) electrons. The summed E-state index contributed by atoms with van der Waals surface area (Å²) in [5, 5.41) is 2.47. The van der Waals surface area contributed by atoms with Gasteiger partial charge in [0, 0.05) is 1.43 Å². The molecular formula is C7H14F3NO. The molecular weight excluding hydrogens is 171 g/mol. The monoisotopic (exact) mass is 185 g/mol. The molecule has 0 aromatic heterocycles. The lowest BCUT2D eigenvalue weighted by molar-refractivity contribution is -0.147. The first-order valence-corrected chi connectivity index (χ1v) is 3.67. The predicted molar refractivity (Wildman–Crippen MR) is 40.9 cm³/mol. The number of nitrogens with one attached hydrogen (secondary N) is 1. The van der Waals surface area contributed by atoms with Gasteiger partial charge in [0.1, 0.15) is 5.78 Å². The van der Waals surface area contributed by atoms with E-state index < -0.39 is 24.4 Å². The van der Waals surface area contributed by atoms with Crippen LogP contribution in [0.5, 0.6) is 0 Å². The second-order valence-corrected chi connectivity index (χ2v) is 2.54. The average Bonchev–Trinajstić information content (AvgIpc) is 1.83. The number of halogens is 3. The van der Waals surface area contributed by atoms with Crippen LogP contribution in [0.2, 0.25) is 0 Å². The summed E-state index contributed by atoms with van der Waals surface area (Å²) in [6.45, 7) is 3.17. The lowest BCUT2D eigenvalue weighted by Gasteiger charge is -2.16. The summed E-state index contributed by atoms with van der Waals surface area (Å²) in [5.41, 5.74) is 0. The number of likely N-dealkylation sites (N-methyl/N-ethyl adjacent to an activating group) is 1. The molecule has 1 atom stereocenters. The number of hydrogen-bond acceptors (Lipinski definition) is 2. The third-order valence-electron chi connectivity index (χ3n) is 1.38. The summed E-state index contributed by atoms with van der Waals surface area (Å²) in [4.78, 5) is 10.6. The largest absolute Gasteiger partial charge is 0.391 e. The van der Waals surface area contributed by atoms with E-state index in [9.17, 15) is 18.0 Å².